The highest BCUT2D eigenvalue weighted by Gasteiger charge is 2.21. The van der Waals surface area contributed by atoms with Gasteiger partial charge in [-0.15, -0.1) is 0 Å². The van der Waals surface area contributed by atoms with Gasteiger partial charge in [-0.05, 0) is 39.0 Å². The molecule has 0 spiro atoms. The molecule has 0 unspecified atom stereocenters. The first-order valence-corrected chi connectivity index (χ1v) is 7.31. The Morgan fingerprint density at radius 1 is 1.00 bits per heavy atom. The van der Waals surface area contributed by atoms with Gasteiger partial charge in [-0.3, -0.25) is 4.72 Å². The van der Waals surface area contributed by atoms with Crippen molar-refractivity contribution >= 4 is 27.8 Å². The SMILES string of the molecule is CC(C)(C)NS(=O)(=O)Nc1cc(C(=O)O)cc(C(=O)O)c1. The highest BCUT2D eigenvalue weighted by atomic mass is 32.2. The molecule has 0 atom stereocenters. The largest absolute Gasteiger partial charge is 0.478 e. The molecule has 0 radical (unpaired) electrons. The summed E-state index contributed by atoms with van der Waals surface area (Å²) < 4.78 is 28.1. The van der Waals surface area contributed by atoms with E-state index in [0.717, 1.165) is 18.2 Å². The van der Waals surface area contributed by atoms with Crippen LogP contribution in [0.2, 0.25) is 0 Å². The molecule has 0 fully saturated rings. The summed E-state index contributed by atoms with van der Waals surface area (Å²) >= 11 is 0. The van der Waals surface area contributed by atoms with Crippen LogP contribution in [-0.4, -0.2) is 36.1 Å². The molecule has 0 amide bonds. The van der Waals surface area contributed by atoms with Crippen molar-refractivity contribution in [2.45, 2.75) is 26.3 Å². The maximum atomic E-state index is 11.9. The topological polar surface area (TPSA) is 133 Å². The highest BCUT2D eigenvalue weighted by molar-refractivity contribution is 7.90. The Morgan fingerprint density at radius 3 is 1.76 bits per heavy atom. The zero-order valence-electron chi connectivity index (χ0n) is 11.7. The quantitative estimate of drug-likeness (QED) is 0.643. The fourth-order valence-corrected chi connectivity index (χ4v) is 2.80. The van der Waals surface area contributed by atoms with Crippen LogP contribution >= 0.6 is 0 Å². The van der Waals surface area contributed by atoms with Crippen LogP contribution in [0, 0.1) is 0 Å². The van der Waals surface area contributed by atoms with E-state index in [1.54, 1.807) is 20.8 Å². The molecule has 0 saturated carbocycles. The van der Waals surface area contributed by atoms with Gasteiger partial charge < -0.3 is 10.2 Å². The van der Waals surface area contributed by atoms with Crippen molar-refractivity contribution in [2.24, 2.45) is 0 Å². The number of carbonyl (C=O) groups is 2. The zero-order chi connectivity index (χ0) is 16.4. The van der Waals surface area contributed by atoms with E-state index < -0.39 is 27.7 Å². The van der Waals surface area contributed by atoms with Gasteiger partial charge in [-0.2, -0.15) is 13.1 Å². The number of carboxylic acid groups (broad SMARTS) is 2. The van der Waals surface area contributed by atoms with Crippen LogP contribution in [-0.2, 0) is 10.2 Å². The first-order chi connectivity index (χ1) is 9.39. The lowest BCUT2D eigenvalue weighted by molar-refractivity contribution is 0.0696. The van der Waals surface area contributed by atoms with Gasteiger partial charge >= 0.3 is 11.9 Å². The lowest BCUT2D eigenvalue weighted by Crippen LogP contribution is -2.43. The Bertz CT molecular complexity index is 643. The number of nitrogens with one attached hydrogen (secondary N) is 2. The Morgan fingerprint density at radius 2 is 1.43 bits per heavy atom. The van der Waals surface area contributed by atoms with Gasteiger partial charge in [0.25, 0.3) is 10.2 Å². The summed E-state index contributed by atoms with van der Waals surface area (Å²) in [5.74, 6) is -2.72. The van der Waals surface area contributed by atoms with Crippen molar-refractivity contribution in [1.82, 2.24) is 4.72 Å². The second-order valence-electron chi connectivity index (χ2n) is 5.37. The number of benzene rings is 1. The Hall–Kier alpha value is -2.13. The molecule has 0 aliphatic rings. The van der Waals surface area contributed by atoms with Crippen molar-refractivity contribution in [3.05, 3.63) is 29.3 Å². The summed E-state index contributed by atoms with van der Waals surface area (Å²) in [6.45, 7) is 4.88. The minimum absolute atomic E-state index is 0.149. The molecule has 1 aromatic carbocycles. The van der Waals surface area contributed by atoms with Crippen molar-refractivity contribution < 1.29 is 28.2 Å². The number of aromatic carboxylic acids is 2. The van der Waals surface area contributed by atoms with E-state index in [1.165, 1.54) is 0 Å². The third-order valence-corrected chi connectivity index (χ3v) is 3.51. The highest BCUT2D eigenvalue weighted by Crippen LogP contribution is 2.17. The second-order valence-corrected chi connectivity index (χ2v) is 6.78. The summed E-state index contributed by atoms with van der Waals surface area (Å²) in [6.07, 6.45) is 0. The minimum atomic E-state index is -3.96. The molecule has 0 bridgehead atoms. The molecule has 0 aliphatic heterocycles. The van der Waals surface area contributed by atoms with Crippen LogP contribution in [0.5, 0.6) is 0 Å². The van der Waals surface area contributed by atoms with Crippen LogP contribution in [0.1, 0.15) is 41.5 Å². The molecule has 0 saturated heterocycles. The van der Waals surface area contributed by atoms with E-state index >= 15 is 0 Å². The normalized spacial score (nSPS) is 12.0. The van der Waals surface area contributed by atoms with E-state index in [2.05, 4.69) is 9.44 Å². The Balaban J connectivity index is 3.19. The molecule has 0 aliphatic carbocycles. The van der Waals surface area contributed by atoms with Gasteiger partial charge in [-0.25, -0.2) is 9.59 Å². The molecule has 116 valence electrons. The van der Waals surface area contributed by atoms with Crippen molar-refractivity contribution in [2.75, 3.05) is 4.72 Å². The fourth-order valence-electron chi connectivity index (χ4n) is 1.52. The van der Waals surface area contributed by atoms with Gasteiger partial charge in [0.2, 0.25) is 0 Å². The van der Waals surface area contributed by atoms with E-state index in [-0.39, 0.29) is 16.8 Å². The molecule has 1 rings (SSSR count). The predicted molar refractivity (Wildman–Crippen MR) is 75.8 cm³/mol. The number of carboxylic acids is 2. The van der Waals surface area contributed by atoms with Crippen LogP contribution < -0.4 is 9.44 Å². The van der Waals surface area contributed by atoms with E-state index in [0.29, 0.717) is 0 Å². The summed E-state index contributed by atoms with van der Waals surface area (Å²) in [4.78, 5) is 21.9. The average Bonchev–Trinajstić information content (AvgIpc) is 2.23. The lowest BCUT2D eigenvalue weighted by Gasteiger charge is -2.21. The molecular formula is C12H16N2O6S. The smallest absolute Gasteiger partial charge is 0.335 e. The molecule has 4 N–H and O–H groups in total. The van der Waals surface area contributed by atoms with Crippen molar-refractivity contribution in [3.63, 3.8) is 0 Å². The maximum absolute atomic E-state index is 11.9. The average molecular weight is 316 g/mol. The lowest BCUT2D eigenvalue weighted by atomic mass is 10.1. The third kappa shape index (κ3) is 5.40. The Kier molecular flexibility index (Phi) is 4.59. The monoisotopic (exact) mass is 316 g/mol. The summed E-state index contributed by atoms with van der Waals surface area (Å²) in [5, 5.41) is 17.8. The summed E-state index contributed by atoms with van der Waals surface area (Å²) in [7, 11) is -3.96. The Labute approximate surface area is 122 Å². The van der Waals surface area contributed by atoms with Gasteiger partial charge in [0, 0.05) is 5.54 Å². The second kappa shape index (κ2) is 5.70. The molecule has 0 aromatic heterocycles. The number of anilines is 1. The molecule has 1 aromatic rings. The molecular weight excluding hydrogens is 300 g/mol. The van der Waals surface area contributed by atoms with Gasteiger partial charge in [0.15, 0.2) is 0 Å². The van der Waals surface area contributed by atoms with Crippen LogP contribution in [0.4, 0.5) is 5.69 Å². The van der Waals surface area contributed by atoms with Gasteiger partial charge in [0.1, 0.15) is 0 Å². The first-order valence-electron chi connectivity index (χ1n) is 5.83. The zero-order valence-corrected chi connectivity index (χ0v) is 12.5. The van der Waals surface area contributed by atoms with Crippen LogP contribution in [0.15, 0.2) is 18.2 Å². The number of hydrogen-bond acceptors (Lipinski definition) is 4. The summed E-state index contributed by atoms with van der Waals surface area (Å²) in [6, 6.07) is 3.02. The predicted octanol–water partition coefficient (Wildman–Crippen LogP) is 1.13. The first kappa shape index (κ1) is 16.9. The van der Waals surface area contributed by atoms with Crippen LogP contribution in [0.3, 0.4) is 0 Å². The van der Waals surface area contributed by atoms with Crippen molar-refractivity contribution in [1.29, 1.82) is 0 Å². The van der Waals surface area contributed by atoms with E-state index in [1.807, 2.05) is 0 Å². The molecule has 9 heteroatoms. The fraction of sp³-hybridized carbons (Fsp3) is 0.333. The minimum Gasteiger partial charge on any atom is -0.478 e. The van der Waals surface area contributed by atoms with Gasteiger partial charge in [-0.1, -0.05) is 0 Å². The molecule has 8 nitrogen and oxygen atoms in total. The maximum Gasteiger partial charge on any atom is 0.335 e. The standard InChI is InChI=1S/C12H16N2O6S/c1-12(2,3)14-21(19,20)13-9-5-7(10(15)16)4-8(6-9)11(17)18/h4-6,13-14H,1-3H3,(H,15,16)(H,17,18). The van der Waals surface area contributed by atoms with E-state index in [9.17, 15) is 18.0 Å². The molecule has 21 heavy (non-hydrogen) atoms. The number of rotatable bonds is 5. The van der Waals surface area contributed by atoms with Gasteiger partial charge in [0.05, 0.1) is 16.8 Å². The molecule has 0 heterocycles. The third-order valence-electron chi connectivity index (χ3n) is 2.12. The van der Waals surface area contributed by atoms with Crippen molar-refractivity contribution in [3.8, 4) is 0 Å². The van der Waals surface area contributed by atoms with Crippen LogP contribution in [0.25, 0.3) is 0 Å². The summed E-state index contributed by atoms with van der Waals surface area (Å²) in [5.41, 5.74) is -1.55. The van der Waals surface area contributed by atoms with E-state index in [4.69, 9.17) is 10.2 Å². The number of hydrogen-bond donors (Lipinski definition) is 4.